The molecule has 1 aromatic rings. The highest BCUT2D eigenvalue weighted by Crippen LogP contribution is 2.17. The first kappa shape index (κ1) is 14.5. The van der Waals surface area contributed by atoms with E-state index in [0.717, 1.165) is 25.9 Å². The first-order valence-corrected chi connectivity index (χ1v) is 6.57. The van der Waals surface area contributed by atoms with Crippen LogP contribution in [0.5, 0.6) is 0 Å². The molecule has 1 rings (SSSR count). The number of hydrogen-bond donors (Lipinski definition) is 3. The fourth-order valence-electron chi connectivity index (χ4n) is 1.73. The second-order valence-electron chi connectivity index (χ2n) is 4.40. The smallest absolute Gasteiger partial charge is 0.205 e. The number of hydrogen-bond acceptors (Lipinski definition) is 2. The molecule has 1 aromatic carbocycles. The van der Waals surface area contributed by atoms with E-state index in [2.05, 4.69) is 53.8 Å². The second kappa shape index (κ2) is 8.53. The third-order valence-corrected chi connectivity index (χ3v) is 2.87. The summed E-state index contributed by atoms with van der Waals surface area (Å²) in [5.41, 5.74) is 3.96. The normalized spacial score (nSPS) is 13.2. The van der Waals surface area contributed by atoms with E-state index < -0.39 is 0 Å². The van der Waals surface area contributed by atoms with Crippen molar-refractivity contribution in [2.45, 2.75) is 32.6 Å². The topological polar surface area (TPSA) is 62.4 Å². The summed E-state index contributed by atoms with van der Waals surface area (Å²) in [5, 5.41) is 3.22. The third-order valence-electron chi connectivity index (χ3n) is 2.87. The Labute approximate surface area is 110 Å². The van der Waals surface area contributed by atoms with Gasteiger partial charge in [0.1, 0.15) is 0 Å². The molecule has 0 fully saturated rings. The molecule has 100 valence electrons. The first-order valence-electron chi connectivity index (χ1n) is 6.57. The Morgan fingerprint density at radius 3 is 2.67 bits per heavy atom. The van der Waals surface area contributed by atoms with E-state index in [4.69, 9.17) is 5.84 Å². The highest BCUT2D eigenvalue weighted by molar-refractivity contribution is 5.79. The van der Waals surface area contributed by atoms with Gasteiger partial charge in [-0.2, -0.15) is 0 Å². The Morgan fingerprint density at radius 2 is 2.06 bits per heavy atom. The molecular formula is C14H24N4. The van der Waals surface area contributed by atoms with Gasteiger partial charge in [0.2, 0.25) is 5.96 Å². The number of rotatable bonds is 6. The Morgan fingerprint density at radius 1 is 1.33 bits per heavy atom. The minimum absolute atomic E-state index is 0.531. The molecular weight excluding hydrogens is 224 g/mol. The zero-order chi connectivity index (χ0) is 13.2. The minimum Gasteiger partial charge on any atom is -0.355 e. The maximum atomic E-state index is 5.40. The van der Waals surface area contributed by atoms with Gasteiger partial charge in [0.25, 0.3) is 0 Å². The molecule has 0 spiro atoms. The summed E-state index contributed by atoms with van der Waals surface area (Å²) in [6, 6.07) is 10.5. The van der Waals surface area contributed by atoms with Gasteiger partial charge in [-0.05, 0) is 24.3 Å². The summed E-state index contributed by atoms with van der Waals surface area (Å²) in [6.07, 6.45) is 2.07. The molecule has 0 aliphatic heterocycles. The van der Waals surface area contributed by atoms with Gasteiger partial charge < -0.3 is 5.32 Å². The van der Waals surface area contributed by atoms with Crippen LogP contribution in [-0.4, -0.2) is 19.0 Å². The summed E-state index contributed by atoms with van der Waals surface area (Å²) >= 11 is 0. The van der Waals surface area contributed by atoms with Crippen molar-refractivity contribution < 1.29 is 0 Å². The van der Waals surface area contributed by atoms with Gasteiger partial charge in [-0.15, -0.1) is 0 Å². The summed E-state index contributed by atoms with van der Waals surface area (Å²) in [6.45, 7) is 5.98. The van der Waals surface area contributed by atoms with Crippen LogP contribution in [-0.2, 0) is 0 Å². The zero-order valence-corrected chi connectivity index (χ0v) is 11.3. The van der Waals surface area contributed by atoms with Crippen molar-refractivity contribution in [3.63, 3.8) is 0 Å². The lowest BCUT2D eigenvalue weighted by atomic mass is 9.98. The van der Waals surface area contributed by atoms with E-state index in [0.29, 0.717) is 11.9 Å². The summed E-state index contributed by atoms with van der Waals surface area (Å²) < 4.78 is 0. The molecule has 18 heavy (non-hydrogen) atoms. The van der Waals surface area contributed by atoms with Crippen molar-refractivity contribution in [1.29, 1.82) is 0 Å². The van der Waals surface area contributed by atoms with E-state index in [1.165, 1.54) is 5.56 Å². The van der Waals surface area contributed by atoms with Gasteiger partial charge in [-0.25, -0.2) is 5.84 Å². The van der Waals surface area contributed by atoms with Crippen molar-refractivity contribution in [3.8, 4) is 0 Å². The number of hydrazine groups is 1. The van der Waals surface area contributed by atoms with Crippen LogP contribution < -0.4 is 16.6 Å². The van der Waals surface area contributed by atoms with Gasteiger partial charge >= 0.3 is 0 Å². The Hall–Kier alpha value is -1.55. The van der Waals surface area contributed by atoms with Crippen molar-refractivity contribution in [2.75, 3.05) is 13.1 Å². The number of nitrogens with zero attached hydrogens (tertiary/aromatic N) is 1. The van der Waals surface area contributed by atoms with Crippen LogP contribution >= 0.6 is 0 Å². The van der Waals surface area contributed by atoms with Crippen LogP contribution in [0.25, 0.3) is 0 Å². The van der Waals surface area contributed by atoms with E-state index >= 15 is 0 Å². The fraction of sp³-hybridized carbons (Fsp3) is 0.500. The molecule has 4 nitrogen and oxygen atoms in total. The van der Waals surface area contributed by atoms with Crippen LogP contribution in [0, 0.1) is 0 Å². The maximum absolute atomic E-state index is 5.40. The fourth-order valence-corrected chi connectivity index (χ4v) is 1.73. The van der Waals surface area contributed by atoms with Gasteiger partial charge in [0.15, 0.2) is 0 Å². The lowest BCUT2D eigenvalue weighted by Gasteiger charge is -2.14. The molecule has 0 aliphatic carbocycles. The van der Waals surface area contributed by atoms with Crippen LogP contribution in [0.15, 0.2) is 35.3 Å². The number of nitrogens with two attached hydrogens (primary N) is 1. The Bertz CT molecular complexity index is 348. The van der Waals surface area contributed by atoms with Crippen molar-refractivity contribution in [2.24, 2.45) is 10.8 Å². The van der Waals surface area contributed by atoms with Crippen LogP contribution in [0.4, 0.5) is 0 Å². The van der Waals surface area contributed by atoms with Crippen molar-refractivity contribution in [3.05, 3.63) is 35.9 Å². The quantitative estimate of drug-likeness (QED) is 0.312. The molecule has 0 saturated heterocycles. The number of benzene rings is 1. The maximum Gasteiger partial charge on any atom is 0.205 e. The van der Waals surface area contributed by atoms with Crippen LogP contribution in [0.2, 0.25) is 0 Å². The Kier molecular flexibility index (Phi) is 6.87. The van der Waals surface area contributed by atoms with E-state index in [9.17, 15) is 0 Å². The molecule has 1 atom stereocenters. The predicted molar refractivity (Wildman–Crippen MR) is 77.4 cm³/mol. The van der Waals surface area contributed by atoms with Gasteiger partial charge in [-0.1, -0.05) is 44.2 Å². The van der Waals surface area contributed by atoms with Gasteiger partial charge in [0, 0.05) is 13.1 Å². The minimum atomic E-state index is 0.531. The average Bonchev–Trinajstić information content (AvgIpc) is 2.43. The average molecular weight is 248 g/mol. The summed E-state index contributed by atoms with van der Waals surface area (Å²) in [4.78, 5) is 4.30. The van der Waals surface area contributed by atoms with Crippen LogP contribution in [0.1, 0.15) is 38.2 Å². The molecule has 0 radical (unpaired) electrons. The number of guanidine groups is 1. The van der Waals surface area contributed by atoms with E-state index in [1.807, 2.05) is 6.07 Å². The lowest BCUT2D eigenvalue weighted by molar-refractivity contribution is 0.652. The third kappa shape index (κ3) is 5.19. The van der Waals surface area contributed by atoms with Crippen molar-refractivity contribution in [1.82, 2.24) is 10.7 Å². The highest BCUT2D eigenvalue weighted by atomic mass is 15.3. The monoisotopic (exact) mass is 248 g/mol. The number of aliphatic imine (C=N–C) groups is 1. The summed E-state index contributed by atoms with van der Waals surface area (Å²) in [5.74, 6) is 6.61. The van der Waals surface area contributed by atoms with E-state index in [1.54, 1.807) is 0 Å². The predicted octanol–water partition coefficient (Wildman–Crippen LogP) is 2.00. The second-order valence-corrected chi connectivity index (χ2v) is 4.40. The SMILES string of the molecule is CCCN=C(NN)NCCC(C)c1ccccc1. The van der Waals surface area contributed by atoms with Gasteiger partial charge in [0.05, 0.1) is 0 Å². The first-order chi connectivity index (χ1) is 8.77. The van der Waals surface area contributed by atoms with Crippen LogP contribution in [0.3, 0.4) is 0 Å². The zero-order valence-electron chi connectivity index (χ0n) is 11.3. The highest BCUT2D eigenvalue weighted by Gasteiger charge is 2.04. The largest absolute Gasteiger partial charge is 0.355 e. The molecule has 0 heterocycles. The number of nitrogens with one attached hydrogen (secondary N) is 2. The molecule has 4 N–H and O–H groups in total. The molecule has 4 heteroatoms. The molecule has 0 bridgehead atoms. The lowest BCUT2D eigenvalue weighted by Crippen LogP contribution is -2.42. The molecule has 0 amide bonds. The molecule has 0 saturated carbocycles. The summed E-state index contributed by atoms with van der Waals surface area (Å²) in [7, 11) is 0. The molecule has 0 aromatic heterocycles. The Balaban J connectivity index is 2.33. The van der Waals surface area contributed by atoms with Gasteiger partial charge in [-0.3, -0.25) is 10.4 Å². The molecule has 0 aliphatic rings. The van der Waals surface area contributed by atoms with E-state index in [-0.39, 0.29) is 0 Å². The molecule has 1 unspecified atom stereocenters. The van der Waals surface area contributed by atoms with Crippen molar-refractivity contribution >= 4 is 5.96 Å². The standard InChI is InChI=1S/C14H24N4/c1-3-10-16-14(18-15)17-11-9-12(2)13-7-5-4-6-8-13/h4-8,12H,3,9-11,15H2,1-2H3,(H2,16,17,18).